The highest BCUT2D eigenvalue weighted by Crippen LogP contribution is 2.41. The third-order valence-corrected chi connectivity index (χ3v) is 7.91. The molecule has 0 fully saturated rings. The van der Waals surface area contributed by atoms with E-state index in [4.69, 9.17) is 4.99 Å². The minimum Gasteiger partial charge on any atom is -0.272 e. The molecule has 0 saturated carbocycles. The number of thiazole rings is 1. The first-order chi connectivity index (χ1) is 18.9. The van der Waals surface area contributed by atoms with Crippen LogP contribution in [-0.2, 0) is 0 Å². The summed E-state index contributed by atoms with van der Waals surface area (Å²) in [5.74, 6) is -0.669. The molecule has 0 bridgehead atoms. The van der Waals surface area contributed by atoms with E-state index in [-0.39, 0.29) is 22.9 Å². The Balaban J connectivity index is 1.54. The second-order valence-corrected chi connectivity index (χ2v) is 10.4. The highest BCUT2D eigenvalue weighted by Gasteiger charge is 2.32. The molecule has 6 nitrogen and oxygen atoms in total. The van der Waals surface area contributed by atoms with Crippen LogP contribution in [0, 0.1) is 21.7 Å². The lowest BCUT2D eigenvalue weighted by Crippen LogP contribution is -2.39. The van der Waals surface area contributed by atoms with E-state index in [1.807, 2.05) is 6.08 Å². The van der Waals surface area contributed by atoms with E-state index in [0.717, 1.165) is 47.2 Å². The van der Waals surface area contributed by atoms with Crippen molar-refractivity contribution in [2.24, 2.45) is 4.99 Å². The number of halogens is 2. The average molecular weight is 542 g/mol. The van der Waals surface area contributed by atoms with Crippen LogP contribution in [0.3, 0.4) is 0 Å². The van der Waals surface area contributed by atoms with Crippen LogP contribution in [0.25, 0.3) is 12.2 Å². The summed E-state index contributed by atoms with van der Waals surface area (Å²) in [6.07, 6.45) is 6.07. The first-order valence-corrected chi connectivity index (χ1v) is 13.2. The molecule has 194 valence electrons. The van der Waals surface area contributed by atoms with E-state index in [0.29, 0.717) is 14.9 Å². The summed E-state index contributed by atoms with van der Waals surface area (Å²) in [4.78, 5) is 29.8. The molecule has 1 atom stereocenters. The molecule has 0 amide bonds. The number of nitro benzene ring substituents is 1. The molecule has 39 heavy (non-hydrogen) atoms. The van der Waals surface area contributed by atoms with E-state index >= 15 is 0 Å². The molecule has 0 spiro atoms. The lowest BCUT2D eigenvalue weighted by atomic mass is 9.84. The Morgan fingerprint density at radius 1 is 0.897 bits per heavy atom. The molecule has 2 aliphatic rings. The number of hydrogen-bond acceptors (Lipinski definition) is 5. The quantitative estimate of drug-likeness (QED) is 0.247. The van der Waals surface area contributed by atoms with Gasteiger partial charge in [0.1, 0.15) is 11.6 Å². The molecule has 3 aromatic carbocycles. The van der Waals surface area contributed by atoms with E-state index in [1.54, 1.807) is 47.0 Å². The maximum absolute atomic E-state index is 13.8. The topological polar surface area (TPSA) is 77.5 Å². The zero-order valence-corrected chi connectivity index (χ0v) is 21.3. The second kappa shape index (κ2) is 9.99. The van der Waals surface area contributed by atoms with Gasteiger partial charge >= 0.3 is 0 Å². The standard InChI is InChI=1S/C30H21F2N3O3S/c31-22-10-4-18(5-11-22)16-21-2-1-3-25-27(21)33-30-34(28(25)20-8-12-23(32)13-9-20)29(36)26(39-30)17-19-6-14-24(15-7-19)35(37)38/h4-17,28H,1-3H2/b21-16-,26-17+. The van der Waals surface area contributed by atoms with Gasteiger partial charge in [-0.3, -0.25) is 19.5 Å². The molecule has 1 unspecified atom stereocenters. The number of fused-ring (bicyclic) bond motifs is 1. The fourth-order valence-electron chi connectivity index (χ4n) is 5.11. The lowest BCUT2D eigenvalue weighted by Gasteiger charge is -2.31. The number of hydrogen-bond donors (Lipinski definition) is 0. The monoisotopic (exact) mass is 541 g/mol. The van der Waals surface area contributed by atoms with Gasteiger partial charge in [0.2, 0.25) is 0 Å². The molecule has 6 rings (SSSR count). The number of benzene rings is 3. The normalized spacial score (nSPS) is 18.1. The van der Waals surface area contributed by atoms with Gasteiger partial charge in [-0.1, -0.05) is 35.6 Å². The molecular weight excluding hydrogens is 520 g/mol. The molecule has 2 heterocycles. The van der Waals surface area contributed by atoms with Gasteiger partial charge < -0.3 is 0 Å². The van der Waals surface area contributed by atoms with Gasteiger partial charge in [0, 0.05) is 12.1 Å². The zero-order valence-electron chi connectivity index (χ0n) is 20.5. The smallest absolute Gasteiger partial charge is 0.271 e. The van der Waals surface area contributed by atoms with Crippen molar-refractivity contribution in [3.8, 4) is 0 Å². The van der Waals surface area contributed by atoms with Crippen molar-refractivity contribution in [3.63, 3.8) is 0 Å². The minimum atomic E-state index is -0.470. The van der Waals surface area contributed by atoms with Gasteiger partial charge in [0.15, 0.2) is 4.80 Å². The molecule has 9 heteroatoms. The van der Waals surface area contributed by atoms with Crippen molar-refractivity contribution < 1.29 is 13.7 Å². The van der Waals surface area contributed by atoms with Gasteiger partial charge in [0.25, 0.3) is 11.2 Å². The summed E-state index contributed by atoms with van der Waals surface area (Å²) in [5.41, 5.74) is 4.83. The summed E-state index contributed by atoms with van der Waals surface area (Å²) >= 11 is 1.24. The van der Waals surface area contributed by atoms with E-state index in [9.17, 15) is 23.7 Å². The maximum Gasteiger partial charge on any atom is 0.271 e. The Labute approximate surface area is 225 Å². The summed E-state index contributed by atoms with van der Waals surface area (Å²) in [7, 11) is 0. The minimum absolute atomic E-state index is 0.0296. The number of nitrogens with zero attached hydrogens (tertiary/aromatic N) is 3. The van der Waals surface area contributed by atoms with Crippen molar-refractivity contribution in [3.05, 3.63) is 148 Å². The van der Waals surface area contributed by atoms with Crippen LogP contribution in [0.2, 0.25) is 0 Å². The van der Waals surface area contributed by atoms with Crippen molar-refractivity contribution in [1.82, 2.24) is 4.57 Å². The Morgan fingerprint density at radius 2 is 1.51 bits per heavy atom. The van der Waals surface area contributed by atoms with E-state index < -0.39 is 11.0 Å². The predicted octanol–water partition coefficient (Wildman–Crippen LogP) is 5.67. The highest BCUT2D eigenvalue weighted by atomic mass is 32.1. The highest BCUT2D eigenvalue weighted by molar-refractivity contribution is 7.07. The van der Waals surface area contributed by atoms with E-state index in [2.05, 4.69) is 0 Å². The van der Waals surface area contributed by atoms with Crippen LogP contribution in [0.5, 0.6) is 0 Å². The van der Waals surface area contributed by atoms with Crippen molar-refractivity contribution in [2.75, 3.05) is 0 Å². The summed E-state index contributed by atoms with van der Waals surface area (Å²) in [6.45, 7) is 0. The summed E-state index contributed by atoms with van der Waals surface area (Å²) in [5, 5.41) is 11.0. The van der Waals surface area contributed by atoms with Crippen molar-refractivity contribution >= 4 is 29.2 Å². The molecule has 0 saturated heterocycles. The third-order valence-electron chi connectivity index (χ3n) is 6.93. The van der Waals surface area contributed by atoms with Gasteiger partial charge in [-0.05, 0) is 95.6 Å². The fraction of sp³-hybridized carbons (Fsp3) is 0.133. The summed E-state index contributed by atoms with van der Waals surface area (Å²) in [6, 6.07) is 18.0. The molecule has 4 aromatic rings. The number of aromatic nitrogens is 1. The first kappa shape index (κ1) is 24.8. The molecular formula is C30H21F2N3O3S. The molecule has 0 N–H and O–H groups in total. The third kappa shape index (κ3) is 4.77. The Hall–Kier alpha value is -4.50. The van der Waals surface area contributed by atoms with Gasteiger partial charge in [-0.2, -0.15) is 0 Å². The van der Waals surface area contributed by atoms with Crippen LogP contribution in [-0.4, -0.2) is 9.49 Å². The number of rotatable bonds is 4. The predicted molar refractivity (Wildman–Crippen MR) is 146 cm³/mol. The van der Waals surface area contributed by atoms with Crippen LogP contribution in [0.15, 0.2) is 99.4 Å². The van der Waals surface area contributed by atoms with Crippen LogP contribution < -0.4 is 14.9 Å². The molecule has 1 aliphatic heterocycles. The maximum atomic E-state index is 13.8. The van der Waals surface area contributed by atoms with Crippen LogP contribution in [0.4, 0.5) is 14.5 Å². The van der Waals surface area contributed by atoms with Gasteiger partial charge in [0.05, 0.1) is 21.2 Å². The number of nitro groups is 1. The first-order valence-electron chi connectivity index (χ1n) is 12.4. The second-order valence-electron chi connectivity index (χ2n) is 9.43. The lowest BCUT2D eigenvalue weighted by molar-refractivity contribution is -0.384. The van der Waals surface area contributed by atoms with Crippen LogP contribution >= 0.6 is 11.3 Å². The number of non-ortho nitro benzene ring substituents is 1. The number of allylic oxidation sites excluding steroid dienone is 2. The Kier molecular flexibility index (Phi) is 6.36. The average Bonchev–Trinajstić information content (AvgIpc) is 3.24. The van der Waals surface area contributed by atoms with Gasteiger partial charge in [-0.15, -0.1) is 0 Å². The van der Waals surface area contributed by atoms with E-state index in [1.165, 1.54) is 47.7 Å². The Morgan fingerprint density at radius 3 is 2.18 bits per heavy atom. The van der Waals surface area contributed by atoms with Crippen LogP contribution in [0.1, 0.15) is 42.0 Å². The molecule has 1 aromatic heterocycles. The van der Waals surface area contributed by atoms with Gasteiger partial charge in [-0.25, -0.2) is 13.8 Å². The SMILES string of the molecule is O=c1/c(=C\c2ccc([N+](=O)[O-])cc2)sc2n1C(c1ccc(F)cc1)C1=C(N=2)/C(=C\c2ccc(F)cc2)CCC1. The largest absolute Gasteiger partial charge is 0.272 e. The van der Waals surface area contributed by atoms with Crippen molar-refractivity contribution in [1.29, 1.82) is 0 Å². The zero-order chi connectivity index (χ0) is 27.1. The molecule has 0 radical (unpaired) electrons. The summed E-state index contributed by atoms with van der Waals surface area (Å²) < 4.78 is 29.4. The van der Waals surface area contributed by atoms with Crippen molar-refractivity contribution in [2.45, 2.75) is 25.3 Å². The fourth-order valence-corrected chi connectivity index (χ4v) is 6.11. The molecule has 1 aliphatic carbocycles. The Bertz CT molecular complexity index is 1840.